The predicted octanol–water partition coefficient (Wildman–Crippen LogP) is 5.67. The molecule has 4 heteroatoms. The molecule has 3 rings (SSSR count). The van der Waals surface area contributed by atoms with Crippen LogP contribution in [-0.4, -0.2) is 0 Å². The molecule has 1 heterocycles. The van der Waals surface area contributed by atoms with E-state index in [0.717, 1.165) is 4.88 Å². The molecule has 0 saturated heterocycles. The van der Waals surface area contributed by atoms with E-state index in [1.54, 1.807) is 24.3 Å². The molecule has 2 aromatic carbocycles. The van der Waals surface area contributed by atoms with Crippen LogP contribution in [0.1, 0.15) is 10.4 Å². The monoisotopic (exact) mass is 313 g/mol. The third kappa shape index (κ3) is 2.44. The molecule has 0 aliphatic rings. The van der Waals surface area contributed by atoms with E-state index in [4.69, 9.17) is 11.6 Å². The van der Waals surface area contributed by atoms with E-state index in [9.17, 15) is 9.65 Å². The van der Waals surface area contributed by atoms with Gasteiger partial charge in [0.2, 0.25) is 0 Å². The van der Waals surface area contributed by atoms with Crippen molar-refractivity contribution < 1.29 is 4.39 Å². The van der Waals surface area contributed by atoms with Crippen LogP contribution in [0.2, 0.25) is 0 Å². The van der Waals surface area contributed by atoms with Gasteiger partial charge in [-0.25, -0.2) is 4.39 Å². The van der Waals surface area contributed by atoms with E-state index >= 15 is 0 Å². The van der Waals surface area contributed by atoms with Crippen molar-refractivity contribution in [2.75, 3.05) is 0 Å². The fraction of sp³-hybridized carbons (Fsp3) is 0. The lowest BCUT2D eigenvalue weighted by Crippen LogP contribution is -1.88. The molecule has 0 unspecified atom stereocenters. The summed E-state index contributed by atoms with van der Waals surface area (Å²) in [5.41, 5.74) is 1.07. The molecule has 0 radical (unpaired) electrons. The van der Waals surface area contributed by atoms with Gasteiger partial charge >= 0.3 is 0 Å². The molecule has 1 aromatic heterocycles. The molecule has 0 spiro atoms. The van der Waals surface area contributed by atoms with Crippen LogP contribution in [0.15, 0.2) is 53.9 Å². The third-order valence-electron chi connectivity index (χ3n) is 3.21. The first-order chi connectivity index (χ1) is 10.2. The fourth-order valence-corrected chi connectivity index (χ4v) is 3.31. The molecule has 0 atom stereocenters. The highest BCUT2D eigenvalue weighted by molar-refractivity contribution is 7.11. The maximum absolute atomic E-state index is 13.9. The highest BCUT2D eigenvalue weighted by Crippen LogP contribution is 2.35. The van der Waals surface area contributed by atoms with Crippen LogP contribution in [0.5, 0.6) is 0 Å². The van der Waals surface area contributed by atoms with Gasteiger partial charge in [0.15, 0.2) is 0 Å². The number of thiophene rings is 1. The Bertz CT molecular complexity index is 875. The maximum Gasteiger partial charge on any atom is 0.131 e. The van der Waals surface area contributed by atoms with E-state index in [2.05, 4.69) is 6.07 Å². The Balaban J connectivity index is 2.30. The fourth-order valence-electron chi connectivity index (χ4n) is 2.22. The number of rotatable bonds is 2. The van der Waals surface area contributed by atoms with Crippen LogP contribution in [0, 0.1) is 17.1 Å². The largest absolute Gasteiger partial charge is 0.206 e. The number of nitriles is 1. The summed E-state index contributed by atoms with van der Waals surface area (Å²) in [5.74, 6) is -0.298. The van der Waals surface area contributed by atoms with E-state index in [1.807, 2.05) is 23.6 Å². The number of allylic oxidation sites excluding steroid dienone is 1. The van der Waals surface area contributed by atoms with Crippen molar-refractivity contribution >= 4 is 44.3 Å². The molecule has 0 fully saturated rings. The van der Waals surface area contributed by atoms with Crippen molar-refractivity contribution in [1.82, 2.24) is 0 Å². The lowest BCUT2D eigenvalue weighted by atomic mass is 10.0. The minimum absolute atomic E-state index is 0.298. The SMILES string of the molecule is N#C/C(=C(\Cl)c1ccc(F)c2ccccc12)c1cccs1. The van der Waals surface area contributed by atoms with Gasteiger partial charge in [0.05, 0.1) is 10.6 Å². The first kappa shape index (κ1) is 13.8. The van der Waals surface area contributed by atoms with Crippen LogP contribution in [0.4, 0.5) is 4.39 Å². The van der Waals surface area contributed by atoms with E-state index < -0.39 is 0 Å². The Hall–Kier alpha value is -2.15. The summed E-state index contributed by atoms with van der Waals surface area (Å²) in [6.07, 6.45) is 0. The predicted molar refractivity (Wildman–Crippen MR) is 86.5 cm³/mol. The van der Waals surface area contributed by atoms with Gasteiger partial charge in [-0.3, -0.25) is 0 Å². The molecule has 102 valence electrons. The van der Waals surface area contributed by atoms with Crippen LogP contribution in [-0.2, 0) is 0 Å². The average Bonchev–Trinajstić information content (AvgIpc) is 3.03. The number of fused-ring (bicyclic) bond motifs is 1. The van der Waals surface area contributed by atoms with Crippen molar-refractivity contribution in [1.29, 1.82) is 5.26 Å². The highest BCUT2D eigenvalue weighted by atomic mass is 35.5. The second-order valence-electron chi connectivity index (χ2n) is 4.42. The maximum atomic E-state index is 13.9. The van der Waals surface area contributed by atoms with Gasteiger partial charge in [-0.1, -0.05) is 41.9 Å². The van der Waals surface area contributed by atoms with Gasteiger partial charge in [-0.2, -0.15) is 5.26 Å². The van der Waals surface area contributed by atoms with Crippen molar-refractivity contribution in [2.24, 2.45) is 0 Å². The number of nitrogens with zero attached hydrogens (tertiary/aromatic N) is 1. The summed E-state index contributed by atoms with van der Waals surface area (Å²) in [6, 6.07) is 16.0. The highest BCUT2D eigenvalue weighted by Gasteiger charge is 2.14. The standard InChI is InChI=1S/C17H9ClFNS/c18-17(14(10-20)16-6-3-9-21-16)13-7-8-15(19)12-5-2-1-4-11(12)13/h1-9H/b17-14+. The second kappa shape index (κ2) is 5.69. The van der Waals surface area contributed by atoms with Gasteiger partial charge in [-0.15, -0.1) is 11.3 Å². The number of hydrogen-bond donors (Lipinski definition) is 0. The van der Waals surface area contributed by atoms with E-state index in [1.165, 1.54) is 17.4 Å². The summed E-state index contributed by atoms with van der Waals surface area (Å²) >= 11 is 7.88. The topological polar surface area (TPSA) is 23.8 Å². The minimum Gasteiger partial charge on any atom is -0.206 e. The first-order valence-electron chi connectivity index (χ1n) is 6.23. The Morgan fingerprint density at radius 1 is 1.05 bits per heavy atom. The van der Waals surface area contributed by atoms with E-state index in [-0.39, 0.29) is 5.82 Å². The molecular weight excluding hydrogens is 305 g/mol. The van der Waals surface area contributed by atoms with Crippen LogP contribution >= 0.6 is 22.9 Å². The van der Waals surface area contributed by atoms with Gasteiger partial charge in [0.25, 0.3) is 0 Å². The molecule has 0 saturated carbocycles. The summed E-state index contributed by atoms with van der Waals surface area (Å²) in [5, 5.41) is 12.8. The Kier molecular flexibility index (Phi) is 3.74. The summed E-state index contributed by atoms with van der Waals surface area (Å²) in [7, 11) is 0. The number of benzene rings is 2. The molecule has 0 aliphatic heterocycles. The third-order valence-corrected chi connectivity index (χ3v) is 4.49. The van der Waals surface area contributed by atoms with Crippen molar-refractivity contribution in [3.05, 3.63) is 70.2 Å². The smallest absolute Gasteiger partial charge is 0.131 e. The zero-order valence-corrected chi connectivity index (χ0v) is 12.4. The molecule has 21 heavy (non-hydrogen) atoms. The molecule has 0 N–H and O–H groups in total. The first-order valence-corrected chi connectivity index (χ1v) is 7.49. The summed E-state index contributed by atoms with van der Waals surface area (Å²) < 4.78 is 13.9. The minimum atomic E-state index is -0.298. The van der Waals surface area contributed by atoms with Crippen molar-refractivity contribution in [3.8, 4) is 6.07 Å². The molecule has 1 nitrogen and oxygen atoms in total. The second-order valence-corrected chi connectivity index (χ2v) is 5.74. The quantitative estimate of drug-likeness (QED) is 0.559. The molecule has 0 amide bonds. The van der Waals surface area contributed by atoms with Crippen molar-refractivity contribution in [3.63, 3.8) is 0 Å². The van der Waals surface area contributed by atoms with Crippen LogP contribution in [0.25, 0.3) is 21.4 Å². The zero-order valence-electron chi connectivity index (χ0n) is 10.8. The van der Waals surface area contributed by atoms with E-state index in [0.29, 0.717) is 26.9 Å². The Morgan fingerprint density at radius 3 is 2.48 bits per heavy atom. The van der Waals surface area contributed by atoms with Gasteiger partial charge in [-0.05, 0) is 29.0 Å². The average molecular weight is 314 g/mol. The Labute approximate surface area is 130 Å². The molecule has 0 bridgehead atoms. The summed E-state index contributed by atoms with van der Waals surface area (Å²) in [4.78, 5) is 0.802. The zero-order chi connectivity index (χ0) is 14.8. The van der Waals surface area contributed by atoms with Crippen LogP contribution < -0.4 is 0 Å². The number of halogens is 2. The lowest BCUT2D eigenvalue weighted by molar-refractivity contribution is 0.640. The van der Waals surface area contributed by atoms with Crippen molar-refractivity contribution in [2.45, 2.75) is 0 Å². The molecule has 0 aliphatic carbocycles. The lowest BCUT2D eigenvalue weighted by Gasteiger charge is -2.08. The molecular formula is C17H9ClFNS. The summed E-state index contributed by atoms with van der Waals surface area (Å²) in [6.45, 7) is 0. The van der Waals surface area contributed by atoms with Gasteiger partial charge < -0.3 is 0 Å². The van der Waals surface area contributed by atoms with Gasteiger partial charge in [0, 0.05) is 15.8 Å². The number of hydrogen-bond acceptors (Lipinski definition) is 2. The normalized spacial score (nSPS) is 12.0. The molecule has 3 aromatic rings. The van der Waals surface area contributed by atoms with Crippen LogP contribution in [0.3, 0.4) is 0 Å². The van der Waals surface area contributed by atoms with Gasteiger partial charge in [0.1, 0.15) is 11.9 Å². The Morgan fingerprint density at radius 2 is 1.81 bits per heavy atom.